The molecule has 0 bridgehead atoms. The first kappa shape index (κ1) is 26.1. The van der Waals surface area contributed by atoms with Gasteiger partial charge in [0.25, 0.3) is 0 Å². The lowest BCUT2D eigenvalue weighted by molar-refractivity contribution is -0.0498. The van der Waals surface area contributed by atoms with E-state index in [2.05, 4.69) is 15.0 Å². The predicted molar refractivity (Wildman–Crippen MR) is 124 cm³/mol. The summed E-state index contributed by atoms with van der Waals surface area (Å²) >= 11 is 0. The van der Waals surface area contributed by atoms with Crippen LogP contribution >= 0.6 is 24.0 Å². The van der Waals surface area contributed by atoms with Gasteiger partial charge >= 0.3 is 6.61 Å². The molecule has 30 heavy (non-hydrogen) atoms. The minimum absolute atomic E-state index is 0. The Balaban J connectivity index is 0.00000450. The van der Waals surface area contributed by atoms with Crippen LogP contribution in [0.15, 0.2) is 58.4 Å². The molecule has 0 saturated heterocycles. The van der Waals surface area contributed by atoms with Crippen molar-refractivity contribution in [3.05, 3.63) is 59.7 Å². The van der Waals surface area contributed by atoms with Gasteiger partial charge in [0.05, 0.1) is 11.4 Å². The lowest BCUT2D eigenvalue weighted by Gasteiger charge is -2.22. The van der Waals surface area contributed by atoms with E-state index in [0.29, 0.717) is 25.6 Å². The molecule has 0 aromatic heterocycles. The zero-order valence-corrected chi connectivity index (χ0v) is 20.2. The molecule has 0 saturated carbocycles. The summed E-state index contributed by atoms with van der Waals surface area (Å²) < 4.78 is 51.9. The zero-order valence-electron chi connectivity index (χ0n) is 17.0. The average molecular weight is 553 g/mol. The number of alkyl halides is 2. The fraction of sp³-hybridized carbons (Fsp3) is 0.350. The first-order valence-corrected chi connectivity index (χ1v) is 10.9. The number of nitrogens with one attached hydrogen (secondary N) is 1. The molecule has 0 spiro atoms. The van der Waals surface area contributed by atoms with E-state index in [0.717, 1.165) is 11.1 Å². The van der Waals surface area contributed by atoms with Crippen LogP contribution in [0.4, 0.5) is 8.78 Å². The highest BCUT2D eigenvalue weighted by Crippen LogP contribution is 2.16. The minimum atomic E-state index is -3.22. The van der Waals surface area contributed by atoms with Crippen LogP contribution in [0.1, 0.15) is 18.1 Å². The van der Waals surface area contributed by atoms with Crippen LogP contribution < -0.4 is 10.1 Å². The molecule has 10 heteroatoms. The summed E-state index contributed by atoms with van der Waals surface area (Å²) in [6.07, 6.45) is 1.17. The van der Waals surface area contributed by atoms with Crippen LogP contribution in [0, 0.1) is 0 Å². The molecule has 0 heterocycles. The van der Waals surface area contributed by atoms with E-state index < -0.39 is 16.4 Å². The quantitative estimate of drug-likeness (QED) is 0.305. The Kier molecular flexibility index (Phi) is 10.5. The van der Waals surface area contributed by atoms with E-state index in [9.17, 15) is 17.2 Å². The van der Waals surface area contributed by atoms with Crippen LogP contribution in [-0.4, -0.2) is 45.7 Å². The van der Waals surface area contributed by atoms with Crippen molar-refractivity contribution < 1.29 is 21.9 Å². The van der Waals surface area contributed by atoms with Gasteiger partial charge in [-0.05, 0) is 42.3 Å². The lowest BCUT2D eigenvalue weighted by atomic mass is 10.2. The number of halogens is 3. The molecule has 166 valence electrons. The number of rotatable bonds is 8. The first-order chi connectivity index (χ1) is 13.7. The summed E-state index contributed by atoms with van der Waals surface area (Å²) in [7, 11) is -1.35. The number of ether oxygens (including phenoxy) is 1. The highest BCUT2D eigenvalue weighted by Gasteiger charge is 2.09. The molecule has 1 N–H and O–H groups in total. The van der Waals surface area contributed by atoms with Gasteiger partial charge in [-0.2, -0.15) is 8.78 Å². The molecular weight excluding hydrogens is 527 g/mol. The maximum Gasteiger partial charge on any atom is 0.387 e. The van der Waals surface area contributed by atoms with E-state index >= 15 is 0 Å². The molecular formula is C20H26F2IN3O3S. The highest BCUT2D eigenvalue weighted by molar-refractivity contribution is 14.0. The topological polar surface area (TPSA) is 71.0 Å². The van der Waals surface area contributed by atoms with Gasteiger partial charge in [-0.1, -0.05) is 24.3 Å². The van der Waals surface area contributed by atoms with Crippen molar-refractivity contribution in [1.82, 2.24) is 10.2 Å². The van der Waals surface area contributed by atoms with E-state index in [1.54, 1.807) is 36.4 Å². The number of hydrogen-bond acceptors (Lipinski definition) is 4. The predicted octanol–water partition coefficient (Wildman–Crippen LogP) is 3.91. The van der Waals surface area contributed by atoms with Crippen LogP contribution in [0.25, 0.3) is 0 Å². The second-order valence-corrected chi connectivity index (χ2v) is 8.48. The molecule has 6 nitrogen and oxygen atoms in total. The van der Waals surface area contributed by atoms with Gasteiger partial charge < -0.3 is 15.0 Å². The van der Waals surface area contributed by atoms with Gasteiger partial charge in [0.2, 0.25) is 0 Å². The summed E-state index contributed by atoms with van der Waals surface area (Å²) in [4.78, 5) is 6.77. The van der Waals surface area contributed by atoms with Gasteiger partial charge in [0.1, 0.15) is 5.75 Å². The number of nitrogens with zero attached hydrogens (tertiary/aromatic N) is 2. The fourth-order valence-corrected chi connectivity index (χ4v) is 3.23. The Bertz CT molecular complexity index is 921. The molecule has 0 unspecified atom stereocenters. The van der Waals surface area contributed by atoms with Gasteiger partial charge in [0.15, 0.2) is 15.8 Å². The third kappa shape index (κ3) is 8.42. The fourth-order valence-electron chi connectivity index (χ4n) is 2.60. The largest absolute Gasteiger partial charge is 0.435 e. The normalized spacial score (nSPS) is 11.7. The number of hydrogen-bond donors (Lipinski definition) is 1. The number of sulfone groups is 1. The Morgan fingerprint density at radius 3 is 2.17 bits per heavy atom. The Morgan fingerprint density at radius 1 is 1.10 bits per heavy atom. The maximum absolute atomic E-state index is 12.2. The molecule has 0 amide bonds. The molecule has 2 aromatic carbocycles. The standard InChI is InChI=1S/C20H25F2N3O3S.HI/c1-4-23-20(24-13-15-7-11-18(12-8-15)29(3,26)27)25(2)14-16-5-9-17(10-6-16)28-19(21)22;/h5-12,19H,4,13-14H2,1-3H3,(H,23,24);1H. The Hall–Kier alpha value is -1.95. The Labute approximate surface area is 193 Å². The zero-order chi connectivity index (χ0) is 21.4. The summed E-state index contributed by atoms with van der Waals surface area (Å²) in [6.45, 7) is 0.701. The minimum Gasteiger partial charge on any atom is -0.435 e. The van der Waals surface area contributed by atoms with Gasteiger partial charge in [0, 0.05) is 26.4 Å². The van der Waals surface area contributed by atoms with E-state index in [-0.39, 0.29) is 34.6 Å². The number of guanidine groups is 1. The van der Waals surface area contributed by atoms with Crippen molar-refractivity contribution in [1.29, 1.82) is 0 Å². The van der Waals surface area contributed by atoms with Crippen LogP contribution in [0.5, 0.6) is 5.75 Å². The third-order valence-corrected chi connectivity index (χ3v) is 5.16. The molecule has 0 aliphatic carbocycles. The molecule has 0 aliphatic rings. The van der Waals surface area contributed by atoms with Crippen molar-refractivity contribution in [3.8, 4) is 5.75 Å². The van der Waals surface area contributed by atoms with Crippen molar-refractivity contribution in [3.63, 3.8) is 0 Å². The molecule has 0 fully saturated rings. The van der Waals surface area contributed by atoms with Gasteiger partial charge in [-0.15, -0.1) is 24.0 Å². The maximum atomic E-state index is 12.2. The van der Waals surface area contributed by atoms with Crippen LogP contribution in [0.2, 0.25) is 0 Å². The van der Waals surface area contributed by atoms with Gasteiger partial charge in [-0.25, -0.2) is 13.4 Å². The second kappa shape index (κ2) is 12.0. The molecule has 2 aromatic rings. The summed E-state index contributed by atoms with van der Waals surface area (Å²) in [5, 5.41) is 3.20. The van der Waals surface area contributed by atoms with Crippen molar-refractivity contribution in [2.75, 3.05) is 19.8 Å². The SMILES string of the molecule is CCNC(=NCc1ccc(S(C)(=O)=O)cc1)N(C)Cc1ccc(OC(F)F)cc1.I. The van der Waals surface area contributed by atoms with Crippen molar-refractivity contribution in [2.45, 2.75) is 31.5 Å². The van der Waals surface area contributed by atoms with Crippen LogP contribution in [0.3, 0.4) is 0 Å². The smallest absolute Gasteiger partial charge is 0.387 e. The molecule has 0 radical (unpaired) electrons. The van der Waals surface area contributed by atoms with Gasteiger partial charge in [-0.3, -0.25) is 0 Å². The van der Waals surface area contributed by atoms with Crippen LogP contribution in [-0.2, 0) is 22.9 Å². The average Bonchev–Trinajstić information content (AvgIpc) is 2.66. The third-order valence-electron chi connectivity index (χ3n) is 4.03. The first-order valence-electron chi connectivity index (χ1n) is 9.01. The molecule has 0 aliphatic heterocycles. The van der Waals surface area contributed by atoms with E-state index in [1.165, 1.54) is 18.4 Å². The van der Waals surface area contributed by atoms with Crippen molar-refractivity contribution >= 4 is 39.8 Å². The second-order valence-electron chi connectivity index (χ2n) is 6.46. The number of aliphatic imine (C=N–C) groups is 1. The summed E-state index contributed by atoms with van der Waals surface area (Å²) in [6, 6.07) is 13.1. The molecule has 2 rings (SSSR count). The highest BCUT2D eigenvalue weighted by atomic mass is 127. The molecule has 0 atom stereocenters. The van der Waals surface area contributed by atoms with E-state index in [4.69, 9.17) is 0 Å². The van der Waals surface area contributed by atoms with Crippen molar-refractivity contribution in [2.24, 2.45) is 4.99 Å². The van der Waals surface area contributed by atoms with E-state index in [1.807, 2.05) is 18.9 Å². The summed E-state index contributed by atoms with van der Waals surface area (Å²) in [5.74, 6) is 0.789. The monoisotopic (exact) mass is 553 g/mol. The Morgan fingerprint density at radius 2 is 1.67 bits per heavy atom. The number of benzene rings is 2. The summed E-state index contributed by atoms with van der Waals surface area (Å²) in [5.41, 5.74) is 1.80. The lowest BCUT2D eigenvalue weighted by Crippen LogP contribution is -2.38.